The molecule has 0 aliphatic rings. The summed E-state index contributed by atoms with van der Waals surface area (Å²) in [7, 11) is 1.48. The molecule has 94 valence electrons. The molecule has 2 rings (SSSR count). The number of rotatable bonds is 3. The maximum Gasteiger partial charge on any atom is 0.237 e. The van der Waals surface area contributed by atoms with Gasteiger partial charge in [0, 0.05) is 18.0 Å². The van der Waals surface area contributed by atoms with Crippen molar-refractivity contribution < 1.29 is 9.13 Å². The normalized spacial score (nSPS) is 14.0. The van der Waals surface area contributed by atoms with E-state index in [1.54, 1.807) is 25.1 Å². The Morgan fingerprint density at radius 1 is 1.22 bits per heavy atom. The van der Waals surface area contributed by atoms with E-state index in [0.717, 1.165) is 0 Å². The van der Waals surface area contributed by atoms with Crippen molar-refractivity contribution in [1.29, 1.82) is 0 Å². The largest absolute Gasteiger partial charge is 0.480 e. The number of hydrogen-bond acceptors (Lipinski definition) is 4. The smallest absolute Gasteiger partial charge is 0.237 e. The zero-order valence-electron chi connectivity index (χ0n) is 10.2. The van der Waals surface area contributed by atoms with E-state index in [1.807, 2.05) is 0 Å². The van der Waals surface area contributed by atoms with Gasteiger partial charge in [0.25, 0.3) is 0 Å². The van der Waals surface area contributed by atoms with Crippen molar-refractivity contribution in [2.24, 2.45) is 5.73 Å². The molecule has 1 aromatic heterocycles. The molecule has 0 bridgehead atoms. The van der Waals surface area contributed by atoms with Crippen molar-refractivity contribution in [3.8, 4) is 5.88 Å². The zero-order valence-corrected chi connectivity index (χ0v) is 10.2. The van der Waals surface area contributed by atoms with E-state index in [9.17, 15) is 4.39 Å². The number of hydrogen-bond donors (Lipinski definition) is 1. The molecule has 0 spiro atoms. The fraction of sp³-hybridized carbons (Fsp3) is 0.231. The maximum atomic E-state index is 13.8. The summed E-state index contributed by atoms with van der Waals surface area (Å²) in [6.45, 7) is 1.68. The number of methoxy groups -OCH3 is 1. The van der Waals surface area contributed by atoms with Crippen molar-refractivity contribution in [1.82, 2.24) is 9.97 Å². The summed E-state index contributed by atoms with van der Waals surface area (Å²) in [5.74, 6) is -0.0824. The Labute approximate surface area is 105 Å². The molecule has 2 N–H and O–H groups in total. The van der Waals surface area contributed by atoms with Gasteiger partial charge in [-0.3, -0.25) is 4.98 Å². The van der Waals surface area contributed by atoms with Crippen molar-refractivity contribution in [2.75, 3.05) is 7.11 Å². The molecular formula is C13H14FN3O. The molecule has 1 atom stereocenters. The average Bonchev–Trinajstić information content (AvgIpc) is 2.39. The number of halogens is 1. The molecule has 0 saturated carbocycles. The van der Waals surface area contributed by atoms with Crippen LogP contribution < -0.4 is 10.5 Å². The van der Waals surface area contributed by atoms with Gasteiger partial charge >= 0.3 is 0 Å². The average molecular weight is 247 g/mol. The second-order valence-corrected chi connectivity index (χ2v) is 4.10. The Kier molecular flexibility index (Phi) is 3.25. The van der Waals surface area contributed by atoms with E-state index >= 15 is 0 Å². The quantitative estimate of drug-likeness (QED) is 0.899. The molecule has 18 heavy (non-hydrogen) atoms. The summed E-state index contributed by atoms with van der Waals surface area (Å²) in [6.07, 6.45) is 3.00. The molecule has 2 aromatic rings. The van der Waals surface area contributed by atoms with Crippen LogP contribution >= 0.6 is 0 Å². The molecule has 0 saturated heterocycles. The van der Waals surface area contributed by atoms with Crippen LogP contribution in [0.1, 0.15) is 18.2 Å². The number of nitrogens with two attached hydrogens (primary N) is 1. The Bertz CT molecular complexity index is 557. The van der Waals surface area contributed by atoms with Gasteiger partial charge in [0.1, 0.15) is 11.5 Å². The highest BCUT2D eigenvalue weighted by Gasteiger charge is 2.31. The molecule has 0 fully saturated rings. The standard InChI is InChI=1S/C13H14FN3O/c1-13(15,9-5-3-4-6-10(9)14)11-12(18-2)17-8-7-16-11/h3-8H,15H2,1-2H3. The number of ether oxygens (including phenoxy) is 1. The predicted octanol–water partition coefficient (Wildman–Crippen LogP) is 1.85. The van der Waals surface area contributed by atoms with Crippen molar-refractivity contribution in [2.45, 2.75) is 12.5 Å². The van der Waals surface area contributed by atoms with Crippen LogP contribution in [0.2, 0.25) is 0 Å². The highest BCUT2D eigenvalue weighted by atomic mass is 19.1. The van der Waals surface area contributed by atoms with Crippen LogP contribution in [0.5, 0.6) is 5.88 Å². The molecule has 0 aliphatic heterocycles. The van der Waals surface area contributed by atoms with Crippen LogP contribution in [0, 0.1) is 5.82 Å². The molecule has 0 amide bonds. The summed E-state index contributed by atoms with van der Waals surface area (Å²) >= 11 is 0. The first-order valence-corrected chi connectivity index (χ1v) is 5.46. The number of nitrogens with zero attached hydrogens (tertiary/aromatic N) is 2. The van der Waals surface area contributed by atoms with Crippen LogP contribution in [-0.4, -0.2) is 17.1 Å². The summed E-state index contributed by atoms with van der Waals surface area (Å²) in [4.78, 5) is 8.19. The predicted molar refractivity (Wildman–Crippen MR) is 65.6 cm³/mol. The van der Waals surface area contributed by atoms with Gasteiger partial charge in [0.2, 0.25) is 5.88 Å². The minimum Gasteiger partial charge on any atom is -0.480 e. The SMILES string of the molecule is COc1nccnc1C(C)(N)c1ccccc1F. The highest BCUT2D eigenvalue weighted by molar-refractivity contribution is 5.38. The first-order chi connectivity index (χ1) is 8.57. The topological polar surface area (TPSA) is 61.0 Å². The van der Waals surface area contributed by atoms with Gasteiger partial charge in [-0.15, -0.1) is 0 Å². The van der Waals surface area contributed by atoms with Crippen LogP contribution in [0.15, 0.2) is 36.7 Å². The third-order valence-electron chi connectivity index (χ3n) is 2.78. The maximum absolute atomic E-state index is 13.8. The fourth-order valence-corrected chi connectivity index (χ4v) is 1.84. The lowest BCUT2D eigenvalue weighted by Gasteiger charge is -2.25. The molecule has 4 nitrogen and oxygen atoms in total. The van der Waals surface area contributed by atoms with E-state index in [0.29, 0.717) is 17.1 Å². The van der Waals surface area contributed by atoms with Crippen molar-refractivity contribution in [3.05, 3.63) is 53.7 Å². The Hall–Kier alpha value is -2.01. The molecule has 1 aromatic carbocycles. The Morgan fingerprint density at radius 3 is 2.56 bits per heavy atom. The lowest BCUT2D eigenvalue weighted by atomic mass is 9.89. The van der Waals surface area contributed by atoms with Crippen LogP contribution in [0.3, 0.4) is 0 Å². The van der Waals surface area contributed by atoms with E-state index in [4.69, 9.17) is 10.5 Å². The monoisotopic (exact) mass is 247 g/mol. The molecule has 1 unspecified atom stereocenters. The first kappa shape index (κ1) is 12.4. The number of aromatic nitrogens is 2. The molecular weight excluding hydrogens is 233 g/mol. The van der Waals surface area contributed by atoms with Crippen molar-refractivity contribution in [3.63, 3.8) is 0 Å². The van der Waals surface area contributed by atoms with E-state index in [2.05, 4.69) is 9.97 Å². The third kappa shape index (κ3) is 2.04. The molecule has 1 heterocycles. The minimum atomic E-state index is -1.11. The molecule has 0 aliphatic carbocycles. The van der Waals surface area contributed by atoms with Crippen LogP contribution in [0.4, 0.5) is 4.39 Å². The lowest BCUT2D eigenvalue weighted by Crippen LogP contribution is -2.37. The fourth-order valence-electron chi connectivity index (χ4n) is 1.84. The van der Waals surface area contributed by atoms with E-state index in [1.165, 1.54) is 25.6 Å². The lowest BCUT2D eigenvalue weighted by molar-refractivity contribution is 0.374. The van der Waals surface area contributed by atoms with Crippen molar-refractivity contribution >= 4 is 0 Å². The van der Waals surface area contributed by atoms with Gasteiger partial charge in [-0.1, -0.05) is 18.2 Å². The summed E-state index contributed by atoms with van der Waals surface area (Å²) in [5, 5.41) is 0. The van der Waals surface area contributed by atoms with E-state index < -0.39 is 5.54 Å². The summed E-state index contributed by atoms with van der Waals surface area (Å²) in [6, 6.07) is 6.34. The second kappa shape index (κ2) is 4.70. The van der Waals surface area contributed by atoms with E-state index in [-0.39, 0.29) is 5.82 Å². The van der Waals surface area contributed by atoms with Gasteiger partial charge in [-0.05, 0) is 13.0 Å². The molecule has 0 radical (unpaired) electrons. The number of benzene rings is 1. The zero-order chi connectivity index (χ0) is 13.2. The van der Waals surface area contributed by atoms with Gasteiger partial charge in [0.15, 0.2) is 0 Å². The van der Waals surface area contributed by atoms with Gasteiger partial charge in [-0.2, -0.15) is 0 Å². The van der Waals surface area contributed by atoms with Gasteiger partial charge in [0.05, 0.1) is 12.6 Å². The van der Waals surface area contributed by atoms with Gasteiger partial charge < -0.3 is 10.5 Å². The highest BCUT2D eigenvalue weighted by Crippen LogP contribution is 2.31. The second-order valence-electron chi connectivity index (χ2n) is 4.10. The minimum absolute atomic E-state index is 0.297. The van der Waals surface area contributed by atoms with Gasteiger partial charge in [-0.25, -0.2) is 9.37 Å². The summed E-state index contributed by atoms with van der Waals surface area (Å²) < 4.78 is 19.0. The Morgan fingerprint density at radius 2 is 1.89 bits per heavy atom. The molecule has 5 heteroatoms. The summed E-state index contributed by atoms with van der Waals surface area (Å²) in [5.41, 5.74) is 5.86. The first-order valence-electron chi connectivity index (χ1n) is 5.46. The Balaban J connectivity index is 2.58. The third-order valence-corrected chi connectivity index (χ3v) is 2.78. The van der Waals surface area contributed by atoms with Crippen LogP contribution in [0.25, 0.3) is 0 Å². The van der Waals surface area contributed by atoms with Crippen LogP contribution in [-0.2, 0) is 5.54 Å².